The lowest BCUT2D eigenvalue weighted by molar-refractivity contribution is 0.0988. The number of nitrogens with zero attached hydrogens (tertiary/aromatic N) is 3. The van der Waals surface area contributed by atoms with Gasteiger partial charge in [-0.1, -0.05) is 28.9 Å². The number of halogens is 1. The first-order chi connectivity index (χ1) is 10.2. The zero-order chi connectivity index (χ0) is 14.7. The Morgan fingerprint density at radius 2 is 2.19 bits per heavy atom. The molecule has 110 valence electrons. The van der Waals surface area contributed by atoms with Crippen molar-refractivity contribution in [3.05, 3.63) is 46.7 Å². The monoisotopic (exact) mass is 304 g/mol. The highest BCUT2D eigenvalue weighted by Crippen LogP contribution is 2.18. The van der Waals surface area contributed by atoms with E-state index in [1.807, 2.05) is 16.8 Å². The minimum absolute atomic E-state index is 0.0301. The standard InChI is InChI=1S/C15H17ClN4O/c16-12-3-1-2-11(8-12)9-15(21)14-10-20(19-18-14)13-4-6-17-7-5-13/h1-3,8,10,13,17H,4-7,9H2. The van der Waals surface area contributed by atoms with Gasteiger partial charge in [0.2, 0.25) is 0 Å². The van der Waals surface area contributed by atoms with Crippen molar-refractivity contribution in [1.29, 1.82) is 0 Å². The van der Waals surface area contributed by atoms with Crippen molar-refractivity contribution in [3.8, 4) is 0 Å². The van der Waals surface area contributed by atoms with Crippen molar-refractivity contribution in [3.63, 3.8) is 0 Å². The number of piperidine rings is 1. The van der Waals surface area contributed by atoms with Crippen molar-refractivity contribution in [1.82, 2.24) is 20.3 Å². The van der Waals surface area contributed by atoms with Gasteiger partial charge in [0.25, 0.3) is 0 Å². The lowest BCUT2D eigenvalue weighted by Gasteiger charge is -2.22. The number of rotatable bonds is 4. The van der Waals surface area contributed by atoms with Gasteiger partial charge in [0.05, 0.1) is 12.2 Å². The Morgan fingerprint density at radius 1 is 1.38 bits per heavy atom. The summed E-state index contributed by atoms with van der Waals surface area (Å²) in [5.41, 5.74) is 1.32. The molecule has 1 saturated heterocycles. The molecule has 0 bridgehead atoms. The van der Waals surface area contributed by atoms with Crippen LogP contribution in [0.2, 0.25) is 5.02 Å². The van der Waals surface area contributed by atoms with E-state index in [1.54, 1.807) is 18.3 Å². The quantitative estimate of drug-likeness (QED) is 0.880. The van der Waals surface area contributed by atoms with E-state index in [0.29, 0.717) is 23.2 Å². The molecule has 1 aliphatic heterocycles. The van der Waals surface area contributed by atoms with Crippen molar-refractivity contribution in [2.75, 3.05) is 13.1 Å². The van der Waals surface area contributed by atoms with Crippen molar-refractivity contribution < 1.29 is 4.79 Å². The van der Waals surface area contributed by atoms with Crippen LogP contribution in [0.3, 0.4) is 0 Å². The molecule has 1 N–H and O–H groups in total. The molecule has 1 aromatic carbocycles. The van der Waals surface area contributed by atoms with Gasteiger partial charge in [0, 0.05) is 11.4 Å². The molecule has 0 spiro atoms. The molecule has 2 aromatic rings. The Kier molecular flexibility index (Phi) is 4.31. The molecule has 0 aliphatic carbocycles. The second kappa shape index (κ2) is 6.37. The largest absolute Gasteiger partial charge is 0.317 e. The van der Waals surface area contributed by atoms with Gasteiger partial charge in [-0.05, 0) is 43.6 Å². The van der Waals surface area contributed by atoms with Gasteiger partial charge < -0.3 is 5.32 Å². The molecule has 1 fully saturated rings. The van der Waals surface area contributed by atoms with E-state index in [0.717, 1.165) is 31.5 Å². The fourth-order valence-corrected chi connectivity index (χ4v) is 2.79. The van der Waals surface area contributed by atoms with Gasteiger partial charge in [-0.25, -0.2) is 4.68 Å². The topological polar surface area (TPSA) is 59.8 Å². The fourth-order valence-electron chi connectivity index (χ4n) is 2.58. The molecule has 0 saturated carbocycles. The molecule has 6 heteroatoms. The number of hydrogen-bond donors (Lipinski definition) is 1. The van der Waals surface area contributed by atoms with Crippen LogP contribution < -0.4 is 5.32 Å². The van der Waals surface area contributed by atoms with Gasteiger partial charge in [-0.15, -0.1) is 5.10 Å². The predicted octanol–water partition coefficient (Wildman–Crippen LogP) is 2.28. The van der Waals surface area contributed by atoms with Crippen molar-refractivity contribution in [2.24, 2.45) is 0 Å². The maximum absolute atomic E-state index is 12.3. The van der Waals surface area contributed by atoms with Crippen LogP contribution in [0.4, 0.5) is 0 Å². The van der Waals surface area contributed by atoms with Gasteiger partial charge in [0.1, 0.15) is 5.69 Å². The summed E-state index contributed by atoms with van der Waals surface area (Å²) < 4.78 is 1.83. The highest BCUT2D eigenvalue weighted by molar-refractivity contribution is 6.30. The second-order valence-corrected chi connectivity index (χ2v) is 5.73. The minimum atomic E-state index is -0.0301. The lowest BCUT2D eigenvalue weighted by Crippen LogP contribution is -2.29. The first-order valence-electron chi connectivity index (χ1n) is 7.12. The molecule has 2 heterocycles. The summed E-state index contributed by atoms with van der Waals surface area (Å²) in [5, 5.41) is 12.1. The molecule has 0 unspecified atom stereocenters. The van der Waals surface area contributed by atoms with E-state index in [-0.39, 0.29) is 5.78 Å². The summed E-state index contributed by atoms with van der Waals surface area (Å²) >= 11 is 5.93. The molecule has 21 heavy (non-hydrogen) atoms. The van der Waals surface area contributed by atoms with E-state index in [4.69, 9.17) is 11.6 Å². The maximum Gasteiger partial charge on any atom is 0.189 e. The van der Waals surface area contributed by atoms with E-state index in [1.165, 1.54) is 0 Å². The molecule has 0 atom stereocenters. The summed E-state index contributed by atoms with van der Waals surface area (Å²) in [7, 11) is 0. The number of aromatic nitrogens is 3. The van der Waals surface area contributed by atoms with E-state index in [9.17, 15) is 4.79 Å². The normalized spacial score (nSPS) is 16.0. The number of benzene rings is 1. The number of nitrogens with one attached hydrogen (secondary N) is 1. The third-order valence-electron chi connectivity index (χ3n) is 3.73. The first kappa shape index (κ1) is 14.2. The summed E-state index contributed by atoms with van der Waals surface area (Å²) in [5.74, 6) is -0.0301. The highest BCUT2D eigenvalue weighted by atomic mass is 35.5. The Morgan fingerprint density at radius 3 is 2.95 bits per heavy atom. The van der Waals surface area contributed by atoms with Crippen LogP contribution in [-0.4, -0.2) is 33.9 Å². The molecular weight excluding hydrogens is 288 g/mol. The molecule has 1 aliphatic rings. The number of carbonyl (C=O) groups is 1. The number of ketones is 1. The minimum Gasteiger partial charge on any atom is -0.317 e. The molecule has 5 nitrogen and oxygen atoms in total. The van der Waals surface area contributed by atoms with Gasteiger partial charge >= 0.3 is 0 Å². The molecule has 0 radical (unpaired) electrons. The fraction of sp³-hybridized carbons (Fsp3) is 0.400. The summed E-state index contributed by atoms with van der Waals surface area (Å²) in [6.45, 7) is 1.96. The smallest absolute Gasteiger partial charge is 0.189 e. The number of carbonyl (C=O) groups excluding carboxylic acids is 1. The average molecular weight is 305 g/mol. The zero-order valence-electron chi connectivity index (χ0n) is 11.6. The predicted molar refractivity (Wildman–Crippen MR) is 80.6 cm³/mol. The maximum atomic E-state index is 12.3. The average Bonchev–Trinajstić information content (AvgIpc) is 2.98. The third kappa shape index (κ3) is 3.49. The van der Waals surface area contributed by atoms with Crippen LogP contribution in [0.1, 0.15) is 34.9 Å². The van der Waals surface area contributed by atoms with Crippen LogP contribution in [0.25, 0.3) is 0 Å². The van der Waals surface area contributed by atoms with Gasteiger partial charge in [-0.3, -0.25) is 4.79 Å². The van der Waals surface area contributed by atoms with Crippen LogP contribution >= 0.6 is 11.6 Å². The Labute approximate surface area is 128 Å². The zero-order valence-corrected chi connectivity index (χ0v) is 12.4. The van der Waals surface area contributed by atoms with Crippen LogP contribution in [-0.2, 0) is 6.42 Å². The van der Waals surface area contributed by atoms with Gasteiger partial charge in [-0.2, -0.15) is 0 Å². The molecule has 3 rings (SSSR count). The number of Topliss-reactive ketones (excluding diaryl/α,β-unsaturated/α-hetero) is 1. The Balaban J connectivity index is 1.69. The Hall–Kier alpha value is -1.72. The summed E-state index contributed by atoms with van der Waals surface area (Å²) in [6, 6.07) is 7.67. The van der Waals surface area contributed by atoms with Crippen molar-refractivity contribution >= 4 is 17.4 Å². The van der Waals surface area contributed by atoms with E-state index < -0.39 is 0 Å². The van der Waals surface area contributed by atoms with Crippen LogP contribution in [0.5, 0.6) is 0 Å². The Bertz CT molecular complexity index is 634. The van der Waals surface area contributed by atoms with Crippen LogP contribution in [0.15, 0.2) is 30.5 Å². The number of hydrogen-bond acceptors (Lipinski definition) is 4. The lowest BCUT2D eigenvalue weighted by atomic mass is 10.1. The first-order valence-corrected chi connectivity index (χ1v) is 7.50. The molecule has 0 amide bonds. The summed E-state index contributed by atoms with van der Waals surface area (Å²) in [6.07, 6.45) is 4.10. The van der Waals surface area contributed by atoms with Crippen molar-refractivity contribution in [2.45, 2.75) is 25.3 Å². The molecular formula is C15H17ClN4O. The third-order valence-corrected chi connectivity index (χ3v) is 3.97. The van der Waals surface area contributed by atoms with Gasteiger partial charge in [0.15, 0.2) is 5.78 Å². The summed E-state index contributed by atoms with van der Waals surface area (Å²) in [4.78, 5) is 12.3. The molecule has 1 aromatic heterocycles. The van der Waals surface area contributed by atoms with E-state index >= 15 is 0 Å². The highest BCUT2D eigenvalue weighted by Gasteiger charge is 2.18. The van der Waals surface area contributed by atoms with E-state index in [2.05, 4.69) is 15.6 Å². The SMILES string of the molecule is O=C(Cc1cccc(Cl)c1)c1cn(C2CCNCC2)nn1. The van der Waals surface area contributed by atoms with Crippen LogP contribution in [0, 0.1) is 0 Å². The second-order valence-electron chi connectivity index (χ2n) is 5.29.